The van der Waals surface area contributed by atoms with E-state index in [-0.39, 0.29) is 18.5 Å². The Labute approximate surface area is 221 Å². The van der Waals surface area contributed by atoms with Gasteiger partial charge >= 0.3 is 6.43 Å². The standard InChI is InChI=1S/C27H24F2N6O4/c28-25(29)27-32-31-26(39-27)15-6-7-16(30-9-15)10-34(17-4-2-1-3-5-17)21-22(24(37)23(21)36)35-12-18-8-19(35)11-33(18)20-13-38-14-20/h1-7,9,18-20,25H,8,10-14H2/t18-,19-/m0/s1. The van der Waals surface area contributed by atoms with E-state index in [2.05, 4.69) is 25.0 Å². The molecule has 0 N–H and O–H groups in total. The molecule has 7 rings (SSSR count). The molecule has 0 spiro atoms. The molecule has 2 bridgehead atoms. The second-order valence-electron chi connectivity index (χ2n) is 10.1. The van der Waals surface area contributed by atoms with E-state index in [0.29, 0.717) is 41.3 Å². The first-order chi connectivity index (χ1) is 19.0. The fraction of sp³-hybridized carbons (Fsp3) is 0.370. The van der Waals surface area contributed by atoms with Crippen LogP contribution < -0.4 is 20.7 Å². The Balaban J connectivity index is 1.17. The summed E-state index contributed by atoms with van der Waals surface area (Å²) in [4.78, 5) is 36.9. The highest BCUT2D eigenvalue weighted by atomic mass is 19.3. The van der Waals surface area contributed by atoms with Crippen molar-refractivity contribution in [3.8, 4) is 11.5 Å². The minimum absolute atomic E-state index is 0.0550. The number of ether oxygens (including phenoxy) is 1. The van der Waals surface area contributed by atoms with E-state index in [0.717, 1.165) is 31.9 Å². The molecule has 0 amide bonds. The van der Waals surface area contributed by atoms with Gasteiger partial charge in [-0.1, -0.05) is 18.2 Å². The summed E-state index contributed by atoms with van der Waals surface area (Å²) in [6, 6.07) is 13.7. The lowest BCUT2D eigenvalue weighted by Gasteiger charge is -2.43. The van der Waals surface area contributed by atoms with Crippen molar-refractivity contribution in [2.24, 2.45) is 0 Å². The zero-order chi connectivity index (χ0) is 26.7. The first kappa shape index (κ1) is 24.0. The molecular formula is C27H24F2N6O4. The molecule has 2 aromatic carbocycles. The highest BCUT2D eigenvalue weighted by molar-refractivity contribution is 5.82. The third kappa shape index (κ3) is 4.02. The summed E-state index contributed by atoms with van der Waals surface area (Å²) in [6.45, 7) is 3.29. The molecule has 3 saturated heterocycles. The van der Waals surface area contributed by atoms with Gasteiger partial charge in [-0.3, -0.25) is 19.5 Å². The normalized spacial score (nSPS) is 21.3. The van der Waals surface area contributed by atoms with Gasteiger partial charge in [0, 0.05) is 37.1 Å². The number of piperazine rings is 1. The minimum Gasteiger partial charge on any atom is -0.415 e. The summed E-state index contributed by atoms with van der Waals surface area (Å²) in [5.74, 6) is -0.808. The molecule has 3 fully saturated rings. The molecule has 3 aliphatic heterocycles. The molecule has 5 heterocycles. The molecule has 0 unspecified atom stereocenters. The van der Waals surface area contributed by atoms with Gasteiger partial charge in [-0.25, -0.2) is 0 Å². The number of benzene rings is 1. The summed E-state index contributed by atoms with van der Waals surface area (Å²) in [5.41, 5.74) is 1.65. The summed E-state index contributed by atoms with van der Waals surface area (Å²) in [7, 11) is 0. The van der Waals surface area contributed by atoms with Crippen LogP contribution in [0.25, 0.3) is 11.5 Å². The van der Waals surface area contributed by atoms with Crippen LogP contribution >= 0.6 is 0 Å². The lowest BCUT2D eigenvalue weighted by atomic mass is 10.1. The molecule has 0 radical (unpaired) electrons. The van der Waals surface area contributed by atoms with Gasteiger partial charge < -0.3 is 19.0 Å². The number of para-hydroxylation sites is 1. The zero-order valence-electron chi connectivity index (χ0n) is 20.7. The molecular weight excluding hydrogens is 510 g/mol. The van der Waals surface area contributed by atoms with E-state index in [4.69, 9.17) is 9.15 Å². The van der Waals surface area contributed by atoms with Crippen molar-refractivity contribution in [2.45, 2.75) is 37.5 Å². The Hall–Kier alpha value is -4.03. The van der Waals surface area contributed by atoms with Crippen molar-refractivity contribution in [1.82, 2.24) is 20.1 Å². The molecule has 3 aliphatic rings. The summed E-state index contributed by atoms with van der Waals surface area (Å²) >= 11 is 0. The average Bonchev–Trinajstić information content (AvgIpc) is 3.67. The van der Waals surface area contributed by atoms with Gasteiger partial charge in [0.15, 0.2) is 0 Å². The second-order valence-corrected chi connectivity index (χ2v) is 10.1. The van der Waals surface area contributed by atoms with Crippen LogP contribution in [0.15, 0.2) is 62.7 Å². The van der Waals surface area contributed by atoms with Crippen LogP contribution in [0.5, 0.6) is 0 Å². The van der Waals surface area contributed by atoms with Crippen molar-refractivity contribution in [2.75, 3.05) is 36.1 Å². The Kier molecular flexibility index (Phi) is 5.74. The SMILES string of the molecule is O=c1c(N(Cc2ccc(-c3nnc(C(F)F)o3)cn2)c2ccccc2)c(N2C[C@@H]3C[C@H]2CN3C2COC2)c1=O. The number of likely N-dealkylation sites (tertiary alicyclic amines) is 1. The van der Waals surface area contributed by atoms with Gasteiger partial charge in [0.1, 0.15) is 11.4 Å². The number of hydrogen-bond donors (Lipinski definition) is 0. The van der Waals surface area contributed by atoms with E-state index < -0.39 is 23.2 Å². The van der Waals surface area contributed by atoms with E-state index in [1.54, 1.807) is 12.1 Å². The van der Waals surface area contributed by atoms with E-state index >= 15 is 0 Å². The smallest absolute Gasteiger partial charge is 0.314 e. The van der Waals surface area contributed by atoms with Crippen LogP contribution in [-0.2, 0) is 11.3 Å². The monoisotopic (exact) mass is 534 g/mol. The van der Waals surface area contributed by atoms with Crippen LogP contribution in [0, 0.1) is 0 Å². The number of rotatable bonds is 8. The molecule has 200 valence electrons. The third-order valence-electron chi connectivity index (χ3n) is 7.88. The number of nitrogens with zero attached hydrogens (tertiary/aromatic N) is 6. The lowest BCUT2D eigenvalue weighted by molar-refractivity contribution is -0.0708. The first-order valence-corrected chi connectivity index (χ1v) is 12.8. The highest BCUT2D eigenvalue weighted by Gasteiger charge is 2.49. The van der Waals surface area contributed by atoms with Crippen molar-refractivity contribution < 1.29 is 17.9 Å². The average molecular weight is 535 g/mol. The quantitative estimate of drug-likeness (QED) is 0.313. The van der Waals surface area contributed by atoms with Crippen LogP contribution in [0.2, 0.25) is 0 Å². The predicted octanol–water partition coefficient (Wildman–Crippen LogP) is 2.67. The fourth-order valence-electron chi connectivity index (χ4n) is 5.87. The van der Waals surface area contributed by atoms with Crippen LogP contribution in [0.3, 0.4) is 0 Å². The second kappa shape index (κ2) is 9.31. The van der Waals surface area contributed by atoms with E-state index in [9.17, 15) is 18.4 Å². The third-order valence-corrected chi connectivity index (χ3v) is 7.88. The molecule has 39 heavy (non-hydrogen) atoms. The Morgan fingerprint density at radius 1 is 0.974 bits per heavy atom. The number of alkyl halides is 2. The number of anilines is 3. The Bertz CT molecular complexity index is 1570. The molecule has 0 aliphatic carbocycles. The van der Waals surface area contributed by atoms with Gasteiger partial charge in [0.05, 0.1) is 37.1 Å². The zero-order valence-corrected chi connectivity index (χ0v) is 20.7. The first-order valence-electron chi connectivity index (χ1n) is 12.8. The van der Waals surface area contributed by atoms with Crippen LogP contribution in [0.4, 0.5) is 25.8 Å². The summed E-state index contributed by atoms with van der Waals surface area (Å²) < 4.78 is 36.0. The molecule has 12 heteroatoms. The van der Waals surface area contributed by atoms with Gasteiger partial charge in [-0.15, -0.1) is 10.2 Å². The number of fused-ring (bicyclic) bond motifs is 2. The lowest BCUT2D eigenvalue weighted by Crippen LogP contribution is -2.58. The molecule has 2 aromatic heterocycles. The largest absolute Gasteiger partial charge is 0.415 e. The van der Waals surface area contributed by atoms with Gasteiger partial charge in [0.25, 0.3) is 16.7 Å². The van der Waals surface area contributed by atoms with Crippen molar-refractivity contribution in [3.63, 3.8) is 0 Å². The van der Waals surface area contributed by atoms with Crippen molar-refractivity contribution >= 4 is 17.1 Å². The maximum absolute atomic E-state index is 13.1. The van der Waals surface area contributed by atoms with Crippen LogP contribution in [0.1, 0.15) is 24.4 Å². The molecule has 4 aromatic rings. The maximum Gasteiger partial charge on any atom is 0.314 e. The maximum atomic E-state index is 13.1. The highest BCUT2D eigenvalue weighted by Crippen LogP contribution is 2.40. The van der Waals surface area contributed by atoms with Crippen LogP contribution in [-0.4, -0.2) is 64.5 Å². The van der Waals surface area contributed by atoms with Gasteiger partial charge in [0.2, 0.25) is 5.89 Å². The molecule has 10 nitrogen and oxygen atoms in total. The predicted molar refractivity (Wildman–Crippen MR) is 137 cm³/mol. The van der Waals surface area contributed by atoms with Gasteiger partial charge in [-0.05, 0) is 30.7 Å². The minimum atomic E-state index is -2.86. The topological polar surface area (TPSA) is 105 Å². The summed E-state index contributed by atoms with van der Waals surface area (Å²) in [6.07, 6.45) is -0.432. The Morgan fingerprint density at radius 3 is 2.41 bits per heavy atom. The number of aromatic nitrogens is 3. The number of hydrogen-bond acceptors (Lipinski definition) is 10. The molecule has 0 saturated carbocycles. The fourth-order valence-corrected chi connectivity index (χ4v) is 5.87. The summed E-state index contributed by atoms with van der Waals surface area (Å²) in [5, 5.41) is 7.01. The van der Waals surface area contributed by atoms with E-state index in [1.807, 2.05) is 35.2 Å². The number of halogens is 2. The number of pyridine rings is 1. The Morgan fingerprint density at radius 2 is 1.79 bits per heavy atom. The van der Waals surface area contributed by atoms with E-state index in [1.165, 1.54) is 6.20 Å². The van der Waals surface area contributed by atoms with Crippen molar-refractivity contribution in [1.29, 1.82) is 0 Å². The van der Waals surface area contributed by atoms with Crippen molar-refractivity contribution in [3.05, 3.63) is 80.7 Å². The molecule has 2 atom stereocenters. The van der Waals surface area contributed by atoms with Gasteiger partial charge in [-0.2, -0.15) is 8.78 Å².